The van der Waals surface area contributed by atoms with Crippen molar-refractivity contribution in [3.63, 3.8) is 0 Å². The lowest BCUT2D eigenvalue weighted by Gasteiger charge is -2.29. The van der Waals surface area contributed by atoms with Gasteiger partial charge in [-0.1, -0.05) is 6.42 Å². The van der Waals surface area contributed by atoms with Gasteiger partial charge in [0.2, 0.25) is 5.91 Å². The number of hydrogen-bond donors (Lipinski definition) is 4. The first-order chi connectivity index (χ1) is 9.41. The molecular weight excluding hydrogens is 262 g/mol. The van der Waals surface area contributed by atoms with Gasteiger partial charge in [0.1, 0.15) is 0 Å². The summed E-state index contributed by atoms with van der Waals surface area (Å²) in [6.07, 6.45) is 3.07. The van der Waals surface area contributed by atoms with Crippen LogP contribution in [0.25, 0.3) is 0 Å². The maximum absolute atomic E-state index is 11.9. The molecular formula is C13H21N3O4. The van der Waals surface area contributed by atoms with E-state index in [-0.39, 0.29) is 24.0 Å². The number of carbonyl (C=O) groups is 3. The first kappa shape index (κ1) is 14.6. The minimum atomic E-state index is -0.891. The number of carbonyl (C=O) groups excluding carboxylic acids is 2. The first-order valence-electron chi connectivity index (χ1n) is 6.99. The molecule has 1 saturated heterocycles. The number of carboxylic acid groups (broad SMARTS) is 1. The van der Waals surface area contributed by atoms with Crippen molar-refractivity contribution in [3.8, 4) is 0 Å². The van der Waals surface area contributed by atoms with Gasteiger partial charge in [-0.3, -0.25) is 9.59 Å². The van der Waals surface area contributed by atoms with Crippen LogP contribution in [0.3, 0.4) is 0 Å². The number of piperidine rings is 1. The van der Waals surface area contributed by atoms with E-state index >= 15 is 0 Å². The van der Waals surface area contributed by atoms with Crippen LogP contribution in [0.4, 0.5) is 4.79 Å². The summed E-state index contributed by atoms with van der Waals surface area (Å²) in [5.41, 5.74) is -0.891. The molecule has 2 aliphatic rings. The average Bonchev–Trinajstić information content (AvgIpc) is 2.75. The van der Waals surface area contributed by atoms with Crippen molar-refractivity contribution in [1.29, 1.82) is 0 Å². The fourth-order valence-corrected chi connectivity index (χ4v) is 2.89. The Morgan fingerprint density at radius 3 is 2.70 bits per heavy atom. The zero-order chi connectivity index (χ0) is 14.8. The van der Waals surface area contributed by atoms with Gasteiger partial charge in [0.25, 0.3) is 0 Å². The molecule has 1 heterocycles. The molecule has 0 spiro atoms. The summed E-state index contributed by atoms with van der Waals surface area (Å²) in [6, 6.07) is -0.797. The van der Waals surface area contributed by atoms with Gasteiger partial charge in [-0.05, 0) is 26.2 Å². The Hall–Kier alpha value is -1.79. The predicted octanol–water partition coefficient (Wildman–Crippen LogP) is 0.208. The van der Waals surface area contributed by atoms with Gasteiger partial charge in [0.15, 0.2) is 0 Å². The van der Waals surface area contributed by atoms with Crippen molar-refractivity contribution in [2.45, 2.75) is 51.1 Å². The van der Waals surface area contributed by atoms with Gasteiger partial charge in [0, 0.05) is 25.0 Å². The number of amides is 3. The second-order valence-electron chi connectivity index (χ2n) is 5.82. The molecule has 0 aromatic carbocycles. The summed E-state index contributed by atoms with van der Waals surface area (Å²) >= 11 is 0. The van der Waals surface area contributed by atoms with Crippen LogP contribution in [0.15, 0.2) is 0 Å². The molecule has 3 amide bonds. The van der Waals surface area contributed by atoms with Crippen LogP contribution in [0.1, 0.15) is 39.0 Å². The van der Waals surface area contributed by atoms with Gasteiger partial charge in [-0.2, -0.15) is 0 Å². The Labute approximate surface area is 117 Å². The Bertz CT molecular complexity index is 416. The molecule has 3 unspecified atom stereocenters. The minimum absolute atomic E-state index is 0.00213. The number of rotatable bonds is 3. The van der Waals surface area contributed by atoms with E-state index in [1.807, 2.05) is 0 Å². The van der Waals surface area contributed by atoms with Crippen LogP contribution in [0, 0.1) is 5.41 Å². The molecule has 0 bridgehead atoms. The van der Waals surface area contributed by atoms with Gasteiger partial charge in [-0.15, -0.1) is 0 Å². The molecule has 1 saturated carbocycles. The largest absolute Gasteiger partial charge is 0.481 e. The van der Waals surface area contributed by atoms with Crippen molar-refractivity contribution in [2.24, 2.45) is 5.41 Å². The smallest absolute Gasteiger partial charge is 0.315 e. The molecule has 2 fully saturated rings. The molecule has 7 heteroatoms. The summed E-state index contributed by atoms with van der Waals surface area (Å²) in [4.78, 5) is 34.3. The summed E-state index contributed by atoms with van der Waals surface area (Å²) in [7, 11) is 0. The quantitative estimate of drug-likeness (QED) is 0.593. The van der Waals surface area contributed by atoms with Gasteiger partial charge in [0.05, 0.1) is 5.41 Å². The van der Waals surface area contributed by atoms with E-state index in [0.29, 0.717) is 32.2 Å². The number of aliphatic carboxylic acids is 1. The highest BCUT2D eigenvalue weighted by Gasteiger charge is 2.46. The van der Waals surface area contributed by atoms with E-state index in [1.54, 1.807) is 6.92 Å². The molecule has 0 aromatic heterocycles. The predicted molar refractivity (Wildman–Crippen MR) is 71.1 cm³/mol. The molecule has 4 N–H and O–H groups in total. The minimum Gasteiger partial charge on any atom is -0.481 e. The zero-order valence-electron chi connectivity index (χ0n) is 11.6. The lowest BCUT2D eigenvalue weighted by molar-refractivity contribution is -0.148. The Morgan fingerprint density at radius 1 is 1.35 bits per heavy atom. The van der Waals surface area contributed by atoms with Crippen LogP contribution in [0.5, 0.6) is 0 Å². The van der Waals surface area contributed by atoms with E-state index < -0.39 is 11.4 Å². The number of carboxylic acids is 1. The molecule has 3 atom stereocenters. The summed E-state index contributed by atoms with van der Waals surface area (Å²) in [6.45, 7) is 2.10. The van der Waals surface area contributed by atoms with Crippen LogP contribution in [-0.2, 0) is 9.59 Å². The highest BCUT2D eigenvalue weighted by atomic mass is 16.4. The van der Waals surface area contributed by atoms with Crippen LogP contribution >= 0.6 is 0 Å². The Kier molecular flexibility index (Phi) is 4.15. The van der Waals surface area contributed by atoms with Gasteiger partial charge < -0.3 is 21.1 Å². The van der Waals surface area contributed by atoms with Crippen LogP contribution in [0.2, 0.25) is 0 Å². The maximum atomic E-state index is 11.9. The van der Waals surface area contributed by atoms with Crippen molar-refractivity contribution in [1.82, 2.24) is 16.0 Å². The third kappa shape index (κ3) is 3.02. The van der Waals surface area contributed by atoms with Crippen molar-refractivity contribution >= 4 is 17.9 Å². The SMILES string of the molecule is CC1(C(=O)O)CCCC1NC(=O)NC1CCC(=O)NC1. The molecule has 0 aromatic rings. The Morgan fingerprint density at radius 2 is 2.10 bits per heavy atom. The molecule has 20 heavy (non-hydrogen) atoms. The van der Waals surface area contributed by atoms with E-state index in [4.69, 9.17) is 0 Å². The lowest BCUT2D eigenvalue weighted by Crippen LogP contribution is -2.55. The summed E-state index contributed by atoms with van der Waals surface area (Å²) in [5.74, 6) is -0.872. The molecule has 7 nitrogen and oxygen atoms in total. The normalized spacial score (nSPS) is 33.4. The highest BCUT2D eigenvalue weighted by Crippen LogP contribution is 2.38. The fraction of sp³-hybridized carbons (Fsp3) is 0.769. The first-order valence-corrected chi connectivity index (χ1v) is 6.99. The summed E-state index contributed by atoms with van der Waals surface area (Å²) in [5, 5.41) is 17.5. The second kappa shape index (κ2) is 5.68. The monoisotopic (exact) mass is 283 g/mol. The second-order valence-corrected chi connectivity index (χ2v) is 5.82. The van der Waals surface area contributed by atoms with Crippen molar-refractivity contribution in [3.05, 3.63) is 0 Å². The van der Waals surface area contributed by atoms with E-state index in [0.717, 1.165) is 6.42 Å². The van der Waals surface area contributed by atoms with E-state index in [1.165, 1.54) is 0 Å². The summed E-state index contributed by atoms with van der Waals surface area (Å²) < 4.78 is 0. The van der Waals surface area contributed by atoms with Gasteiger partial charge in [-0.25, -0.2) is 4.79 Å². The molecule has 112 valence electrons. The molecule has 0 radical (unpaired) electrons. The van der Waals surface area contributed by atoms with Crippen molar-refractivity contribution < 1.29 is 19.5 Å². The Balaban J connectivity index is 1.85. The van der Waals surface area contributed by atoms with Gasteiger partial charge >= 0.3 is 12.0 Å². The lowest BCUT2D eigenvalue weighted by atomic mass is 9.85. The van der Waals surface area contributed by atoms with E-state index in [2.05, 4.69) is 16.0 Å². The zero-order valence-corrected chi connectivity index (χ0v) is 11.6. The molecule has 1 aliphatic carbocycles. The molecule has 1 aliphatic heterocycles. The van der Waals surface area contributed by atoms with Crippen LogP contribution in [-0.4, -0.2) is 41.6 Å². The standard InChI is InChI=1S/C13H21N3O4/c1-13(11(18)19)6-2-3-9(13)16-12(20)15-8-4-5-10(17)14-7-8/h8-9H,2-7H2,1H3,(H,14,17)(H,18,19)(H2,15,16,20). The average molecular weight is 283 g/mol. The van der Waals surface area contributed by atoms with E-state index in [9.17, 15) is 19.5 Å². The number of nitrogens with one attached hydrogen (secondary N) is 3. The highest BCUT2D eigenvalue weighted by molar-refractivity contribution is 5.80. The molecule has 2 rings (SSSR count). The van der Waals surface area contributed by atoms with Crippen molar-refractivity contribution in [2.75, 3.05) is 6.54 Å². The van der Waals surface area contributed by atoms with Crippen LogP contribution < -0.4 is 16.0 Å². The third-order valence-corrected chi connectivity index (χ3v) is 4.35. The fourth-order valence-electron chi connectivity index (χ4n) is 2.89. The number of hydrogen-bond acceptors (Lipinski definition) is 3. The number of urea groups is 1. The maximum Gasteiger partial charge on any atom is 0.315 e. The third-order valence-electron chi connectivity index (χ3n) is 4.35. The topological polar surface area (TPSA) is 108 Å².